The molecule has 5 fully saturated rings. The van der Waals surface area contributed by atoms with Gasteiger partial charge in [0.05, 0.1) is 12.3 Å². The average molecular weight is 545 g/mol. The molecular weight excluding hydrogens is 492 g/mol. The lowest BCUT2D eigenvalue weighted by atomic mass is 9.44. The van der Waals surface area contributed by atoms with Crippen molar-refractivity contribution in [3.63, 3.8) is 0 Å². The van der Waals surface area contributed by atoms with Crippen LogP contribution >= 0.6 is 0 Å². The lowest BCUT2D eigenvalue weighted by Crippen LogP contribution is -2.54. The molecule has 0 aromatic heterocycles. The van der Waals surface area contributed by atoms with E-state index in [4.69, 9.17) is 14.2 Å². The maximum absolute atomic E-state index is 12.5. The van der Waals surface area contributed by atoms with Crippen LogP contribution in [0.5, 0.6) is 0 Å². The van der Waals surface area contributed by atoms with Crippen LogP contribution in [0.1, 0.15) is 118 Å². The summed E-state index contributed by atoms with van der Waals surface area (Å²) in [6.45, 7) is 11.7. The van der Waals surface area contributed by atoms with Crippen LogP contribution in [0, 0.1) is 52.3 Å². The van der Waals surface area contributed by atoms with Crippen molar-refractivity contribution in [2.45, 2.75) is 130 Å². The minimum absolute atomic E-state index is 0.000915. The van der Waals surface area contributed by atoms with E-state index < -0.39 is 6.10 Å². The number of ether oxygens (including phenoxy) is 3. The third-order valence-electron chi connectivity index (χ3n) is 12.6. The molecule has 0 bridgehead atoms. The van der Waals surface area contributed by atoms with Crippen LogP contribution in [0.4, 0.5) is 0 Å². The summed E-state index contributed by atoms with van der Waals surface area (Å²) in [4.78, 5) is 36.2. The summed E-state index contributed by atoms with van der Waals surface area (Å²) in [6, 6.07) is 0. The van der Waals surface area contributed by atoms with Crippen molar-refractivity contribution in [2.75, 3.05) is 6.61 Å². The largest absolute Gasteiger partial charge is 0.462 e. The molecule has 4 saturated carbocycles. The van der Waals surface area contributed by atoms with E-state index in [0.29, 0.717) is 35.0 Å². The third-order valence-corrected chi connectivity index (χ3v) is 12.6. The van der Waals surface area contributed by atoms with E-state index in [0.717, 1.165) is 43.4 Å². The quantitative estimate of drug-likeness (QED) is 0.245. The maximum atomic E-state index is 12.5. The van der Waals surface area contributed by atoms with Crippen LogP contribution < -0.4 is 0 Å². The molecule has 39 heavy (non-hydrogen) atoms. The molecule has 0 amide bonds. The molecule has 0 aromatic carbocycles. The van der Waals surface area contributed by atoms with Gasteiger partial charge in [-0.1, -0.05) is 34.6 Å². The fourth-order valence-corrected chi connectivity index (χ4v) is 10.1. The van der Waals surface area contributed by atoms with Gasteiger partial charge in [-0.3, -0.25) is 14.4 Å². The van der Waals surface area contributed by atoms with Gasteiger partial charge in [-0.2, -0.15) is 0 Å². The Bertz CT molecular complexity index is 931. The Morgan fingerprint density at radius 1 is 0.949 bits per heavy atom. The average Bonchev–Trinajstić information content (AvgIpc) is 3.48. The van der Waals surface area contributed by atoms with Gasteiger partial charge >= 0.3 is 17.9 Å². The van der Waals surface area contributed by atoms with Crippen LogP contribution in [0.3, 0.4) is 0 Å². The first-order chi connectivity index (χ1) is 18.5. The van der Waals surface area contributed by atoms with Gasteiger partial charge in [0.15, 0.2) is 0 Å². The topological polar surface area (TPSA) is 78.9 Å². The van der Waals surface area contributed by atoms with Gasteiger partial charge < -0.3 is 14.2 Å². The van der Waals surface area contributed by atoms with Crippen LogP contribution in [-0.4, -0.2) is 36.7 Å². The Kier molecular flexibility index (Phi) is 8.42. The van der Waals surface area contributed by atoms with Crippen molar-refractivity contribution in [1.82, 2.24) is 0 Å². The van der Waals surface area contributed by atoms with Gasteiger partial charge in [-0.15, -0.1) is 0 Å². The highest BCUT2D eigenvalue weighted by atomic mass is 16.6. The molecule has 11 atom stereocenters. The minimum atomic E-state index is -0.400. The minimum Gasteiger partial charge on any atom is -0.462 e. The summed E-state index contributed by atoms with van der Waals surface area (Å²) in [5, 5.41) is 0. The van der Waals surface area contributed by atoms with Crippen molar-refractivity contribution in [3.8, 4) is 0 Å². The molecule has 0 spiro atoms. The van der Waals surface area contributed by atoms with E-state index in [1.807, 2.05) is 6.92 Å². The zero-order chi connectivity index (χ0) is 27.9. The van der Waals surface area contributed by atoms with Gasteiger partial charge in [-0.05, 0) is 117 Å². The predicted octanol–water partition coefficient (Wildman–Crippen LogP) is 6.88. The molecule has 1 aliphatic heterocycles. The molecule has 5 aliphatic rings. The van der Waals surface area contributed by atoms with Crippen LogP contribution in [0.15, 0.2) is 0 Å². The summed E-state index contributed by atoms with van der Waals surface area (Å²) >= 11 is 0. The Morgan fingerprint density at radius 2 is 1.69 bits per heavy atom. The van der Waals surface area contributed by atoms with Gasteiger partial charge in [0.1, 0.15) is 18.8 Å². The summed E-state index contributed by atoms with van der Waals surface area (Å²) in [5.41, 5.74) is 0.741. The highest BCUT2D eigenvalue weighted by Crippen LogP contribution is 2.68. The van der Waals surface area contributed by atoms with E-state index in [1.54, 1.807) is 0 Å². The standard InChI is InChI=1S/C33H52O6/c1-6-20(2)31(36)39-23-13-15-32(4)22(17-23)8-9-25-27-11-10-26(33(27,5)16-14-28(25)32)21(3)7-12-29(34)38-24-18-30(35)37-19-24/h20-28H,6-19H2,1-5H3/t20?,21?,22?,23-,24?,25?,26?,27?,28?,32-,33+/m0/s1. The SMILES string of the molecule is CCC(C)C(=O)O[C@H]1CC[C@@]2(C)C(CCC3C4CCC(C(C)CCC(=O)OC5COC(=O)C5)[C@@]4(C)CCC32)C1. The fourth-order valence-electron chi connectivity index (χ4n) is 10.1. The number of rotatable bonds is 8. The van der Waals surface area contributed by atoms with E-state index in [9.17, 15) is 14.4 Å². The van der Waals surface area contributed by atoms with E-state index in [-0.39, 0.29) is 43.0 Å². The number of carbonyl (C=O) groups excluding carboxylic acids is 3. The Hall–Kier alpha value is -1.59. The smallest absolute Gasteiger partial charge is 0.309 e. The van der Waals surface area contributed by atoms with Crippen molar-refractivity contribution in [1.29, 1.82) is 0 Å². The first-order valence-corrected chi connectivity index (χ1v) is 16.1. The second-order valence-electron chi connectivity index (χ2n) is 14.5. The Labute approximate surface area is 235 Å². The van der Waals surface area contributed by atoms with E-state index >= 15 is 0 Å². The lowest BCUT2D eigenvalue weighted by molar-refractivity contribution is -0.166. The molecule has 5 rings (SSSR count). The number of cyclic esters (lactones) is 1. The molecule has 1 heterocycles. The molecule has 6 heteroatoms. The van der Waals surface area contributed by atoms with Crippen molar-refractivity contribution >= 4 is 17.9 Å². The second kappa shape index (κ2) is 11.4. The van der Waals surface area contributed by atoms with Gasteiger partial charge in [-0.25, -0.2) is 0 Å². The molecule has 0 N–H and O–H groups in total. The van der Waals surface area contributed by atoms with Gasteiger partial charge in [0.2, 0.25) is 0 Å². The Balaban J connectivity index is 1.17. The summed E-state index contributed by atoms with van der Waals surface area (Å²) in [5.74, 6) is 3.75. The Morgan fingerprint density at radius 3 is 2.41 bits per heavy atom. The molecule has 6 nitrogen and oxygen atoms in total. The highest BCUT2D eigenvalue weighted by molar-refractivity contribution is 5.74. The monoisotopic (exact) mass is 544 g/mol. The highest BCUT2D eigenvalue weighted by Gasteiger charge is 2.60. The molecule has 1 saturated heterocycles. The normalized spacial score (nSPS) is 42.9. The van der Waals surface area contributed by atoms with Crippen molar-refractivity contribution in [3.05, 3.63) is 0 Å². The van der Waals surface area contributed by atoms with Crippen LogP contribution in [0.25, 0.3) is 0 Å². The van der Waals surface area contributed by atoms with E-state index in [2.05, 4.69) is 27.7 Å². The van der Waals surface area contributed by atoms with Crippen molar-refractivity contribution in [2.24, 2.45) is 52.3 Å². The number of esters is 3. The molecule has 220 valence electrons. The fraction of sp³-hybridized carbons (Fsp3) is 0.909. The second-order valence-corrected chi connectivity index (χ2v) is 14.5. The first kappa shape index (κ1) is 28.9. The van der Waals surface area contributed by atoms with Crippen LogP contribution in [0.2, 0.25) is 0 Å². The summed E-state index contributed by atoms with van der Waals surface area (Å²) in [6.07, 6.45) is 13.1. The number of fused-ring (bicyclic) bond motifs is 5. The zero-order valence-electron chi connectivity index (χ0n) is 25.0. The molecular formula is C33H52O6. The lowest BCUT2D eigenvalue weighted by Gasteiger charge is -2.61. The summed E-state index contributed by atoms with van der Waals surface area (Å²) in [7, 11) is 0. The van der Waals surface area contributed by atoms with Crippen LogP contribution in [-0.2, 0) is 28.6 Å². The van der Waals surface area contributed by atoms with Gasteiger partial charge in [0, 0.05) is 6.42 Å². The predicted molar refractivity (Wildman–Crippen MR) is 148 cm³/mol. The molecule has 8 unspecified atom stereocenters. The van der Waals surface area contributed by atoms with E-state index in [1.165, 1.54) is 44.9 Å². The van der Waals surface area contributed by atoms with Gasteiger partial charge in [0.25, 0.3) is 0 Å². The third kappa shape index (κ3) is 5.52. The summed E-state index contributed by atoms with van der Waals surface area (Å²) < 4.78 is 16.4. The maximum Gasteiger partial charge on any atom is 0.309 e. The molecule has 0 radical (unpaired) electrons. The molecule has 4 aliphatic carbocycles. The number of carbonyl (C=O) groups is 3. The molecule has 0 aromatic rings. The number of hydrogen-bond donors (Lipinski definition) is 0. The van der Waals surface area contributed by atoms with Crippen molar-refractivity contribution < 1.29 is 28.6 Å². The first-order valence-electron chi connectivity index (χ1n) is 16.1. The zero-order valence-corrected chi connectivity index (χ0v) is 25.0. The number of hydrogen-bond acceptors (Lipinski definition) is 6.